The summed E-state index contributed by atoms with van der Waals surface area (Å²) < 4.78 is 0. The van der Waals surface area contributed by atoms with Gasteiger partial charge in [0.1, 0.15) is 0 Å². The van der Waals surface area contributed by atoms with Crippen LogP contribution in [0.3, 0.4) is 0 Å². The van der Waals surface area contributed by atoms with E-state index in [2.05, 4.69) is 55.9 Å². The summed E-state index contributed by atoms with van der Waals surface area (Å²) in [6.45, 7) is 14.5. The van der Waals surface area contributed by atoms with Crippen molar-refractivity contribution in [3.05, 3.63) is 29.6 Å². The quantitative estimate of drug-likeness (QED) is 0.887. The summed E-state index contributed by atoms with van der Waals surface area (Å²) in [6.07, 6.45) is 3.91. The zero-order valence-corrected chi connectivity index (χ0v) is 12.9. The lowest BCUT2D eigenvalue weighted by molar-refractivity contribution is 0.0876. The number of rotatable bonds is 2. The highest BCUT2D eigenvalue weighted by Crippen LogP contribution is 2.24. The molecule has 1 aliphatic rings. The number of piperazine rings is 1. The van der Waals surface area contributed by atoms with Crippen LogP contribution in [-0.2, 0) is 6.54 Å². The maximum atomic E-state index is 4.30. The third kappa shape index (κ3) is 3.77. The van der Waals surface area contributed by atoms with Gasteiger partial charge < -0.3 is 5.32 Å². The van der Waals surface area contributed by atoms with Crippen molar-refractivity contribution in [2.45, 2.75) is 53.2 Å². The van der Waals surface area contributed by atoms with Crippen LogP contribution in [0.25, 0.3) is 0 Å². The smallest absolute Gasteiger partial charge is 0.0313 e. The van der Waals surface area contributed by atoms with Crippen molar-refractivity contribution >= 4 is 0 Å². The Labute approximate surface area is 117 Å². The van der Waals surface area contributed by atoms with Gasteiger partial charge in [0.25, 0.3) is 0 Å². The Bertz CT molecular complexity index is 422. The normalized spacial score (nSPS) is 25.5. The van der Waals surface area contributed by atoms with Gasteiger partial charge in [0.15, 0.2) is 0 Å². The highest BCUT2D eigenvalue weighted by molar-refractivity contribution is 5.16. The largest absolute Gasteiger partial charge is 0.311 e. The number of hydrogen-bond acceptors (Lipinski definition) is 3. The van der Waals surface area contributed by atoms with Crippen LogP contribution < -0.4 is 5.32 Å². The molecule has 1 aliphatic heterocycles. The first-order chi connectivity index (χ1) is 8.86. The molecule has 1 aromatic rings. The van der Waals surface area contributed by atoms with Gasteiger partial charge >= 0.3 is 0 Å². The van der Waals surface area contributed by atoms with E-state index in [1.54, 1.807) is 0 Å². The first-order valence-electron chi connectivity index (χ1n) is 7.24. The SMILES string of the molecule is Cc1cncc(CN2CC(C(C)(C)C)NCC2C)c1. The molecule has 0 radical (unpaired) electrons. The van der Waals surface area contributed by atoms with Crippen molar-refractivity contribution in [2.75, 3.05) is 13.1 Å². The van der Waals surface area contributed by atoms with Gasteiger partial charge in [-0.15, -0.1) is 0 Å². The molecule has 0 aliphatic carbocycles. The molecule has 0 saturated carbocycles. The number of aromatic nitrogens is 1. The predicted octanol–water partition coefficient (Wildman–Crippen LogP) is 2.60. The topological polar surface area (TPSA) is 28.2 Å². The minimum absolute atomic E-state index is 0.309. The van der Waals surface area contributed by atoms with E-state index in [1.165, 1.54) is 11.1 Å². The van der Waals surface area contributed by atoms with Gasteiger partial charge in [-0.1, -0.05) is 26.8 Å². The Balaban J connectivity index is 2.05. The van der Waals surface area contributed by atoms with Crippen LogP contribution in [0.4, 0.5) is 0 Å². The summed E-state index contributed by atoms with van der Waals surface area (Å²) >= 11 is 0. The van der Waals surface area contributed by atoms with E-state index in [0.29, 0.717) is 17.5 Å². The molecule has 1 saturated heterocycles. The molecule has 1 fully saturated rings. The summed E-state index contributed by atoms with van der Waals surface area (Å²) in [4.78, 5) is 6.87. The van der Waals surface area contributed by atoms with Gasteiger partial charge in [0.05, 0.1) is 0 Å². The number of pyridine rings is 1. The van der Waals surface area contributed by atoms with Crippen molar-refractivity contribution in [3.8, 4) is 0 Å². The van der Waals surface area contributed by atoms with Crippen LogP contribution in [0.1, 0.15) is 38.8 Å². The fourth-order valence-electron chi connectivity index (χ4n) is 2.66. The summed E-state index contributed by atoms with van der Waals surface area (Å²) in [5.74, 6) is 0. The van der Waals surface area contributed by atoms with Crippen LogP contribution in [0, 0.1) is 12.3 Å². The average Bonchev–Trinajstić information content (AvgIpc) is 2.30. The predicted molar refractivity (Wildman–Crippen MR) is 80.1 cm³/mol. The van der Waals surface area contributed by atoms with Crippen molar-refractivity contribution in [2.24, 2.45) is 5.41 Å². The number of hydrogen-bond donors (Lipinski definition) is 1. The van der Waals surface area contributed by atoms with Gasteiger partial charge in [-0.25, -0.2) is 0 Å². The zero-order valence-electron chi connectivity index (χ0n) is 12.9. The molecule has 3 heteroatoms. The Morgan fingerprint density at radius 3 is 2.74 bits per heavy atom. The molecule has 2 unspecified atom stereocenters. The van der Waals surface area contributed by atoms with E-state index in [-0.39, 0.29) is 0 Å². The first kappa shape index (κ1) is 14.5. The second-order valence-electron chi connectivity index (χ2n) is 6.98. The second kappa shape index (κ2) is 5.59. The molecule has 19 heavy (non-hydrogen) atoms. The summed E-state index contributed by atoms with van der Waals surface area (Å²) in [5.41, 5.74) is 2.87. The molecule has 1 N–H and O–H groups in total. The van der Waals surface area contributed by atoms with Crippen molar-refractivity contribution in [1.82, 2.24) is 15.2 Å². The van der Waals surface area contributed by atoms with Crippen LogP contribution >= 0.6 is 0 Å². The molecule has 2 heterocycles. The highest BCUT2D eigenvalue weighted by atomic mass is 15.2. The number of aryl methyl sites for hydroxylation is 1. The third-order valence-electron chi connectivity index (χ3n) is 4.06. The minimum Gasteiger partial charge on any atom is -0.311 e. The second-order valence-corrected chi connectivity index (χ2v) is 6.98. The average molecular weight is 261 g/mol. The fraction of sp³-hybridized carbons (Fsp3) is 0.688. The Morgan fingerprint density at radius 1 is 1.37 bits per heavy atom. The molecule has 0 aromatic carbocycles. The molecular formula is C16H27N3. The van der Waals surface area contributed by atoms with Gasteiger partial charge in [-0.05, 0) is 30.4 Å². The maximum absolute atomic E-state index is 4.30. The highest BCUT2D eigenvalue weighted by Gasteiger charge is 2.32. The molecule has 0 spiro atoms. The van der Waals surface area contributed by atoms with Crippen LogP contribution in [-0.4, -0.2) is 35.1 Å². The van der Waals surface area contributed by atoms with Crippen molar-refractivity contribution in [1.29, 1.82) is 0 Å². The zero-order chi connectivity index (χ0) is 14.0. The van der Waals surface area contributed by atoms with Crippen molar-refractivity contribution < 1.29 is 0 Å². The maximum Gasteiger partial charge on any atom is 0.0313 e. The lowest BCUT2D eigenvalue weighted by Crippen LogP contribution is -2.59. The van der Waals surface area contributed by atoms with Crippen LogP contribution in [0.15, 0.2) is 18.5 Å². The molecule has 3 nitrogen and oxygen atoms in total. The monoisotopic (exact) mass is 261 g/mol. The number of nitrogens with zero attached hydrogens (tertiary/aromatic N) is 2. The third-order valence-corrected chi connectivity index (χ3v) is 4.06. The fourth-order valence-corrected chi connectivity index (χ4v) is 2.66. The van der Waals surface area contributed by atoms with E-state index in [9.17, 15) is 0 Å². The summed E-state index contributed by atoms with van der Waals surface area (Å²) in [5, 5.41) is 3.68. The summed E-state index contributed by atoms with van der Waals surface area (Å²) in [6, 6.07) is 3.38. The van der Waals surface area contributed by atoms with E-state index in [0.717, 1.165) is 19.6 Å². The van der Waals surface area contributed by atoms with Gasteiger partial charge in [-0.2, -0.15) is 0 Å². The van der Waals surface area contributed by atoms with Gasteiger partial charge in [0.2, 0.25) is 0 Å². The van der Waals surface area contributed by atoms with Gasteiger partial charge in [0, 0.05) is 44.1 Å². The van der Waals surface area contributed by atoms with Gasteiger partial charge in [-0.3, -0.25) is 9.88 Å². The lowest BCUT2D eigenvalue weighted by Gasteiger charge is -2.44. The summed E-state index contributed by atoms with van der Waals surface area (Å²) in [7, 11) is 0. The standard InChI is InChI=1S/C16H27N3/c1-12-6-14(9-17-7-12)10-19-11-15(16(3,4)5)18-8-13(19)2/h6-7,9,13,15,18H,8,10-11H2,1-5H3. The molecule has 0 bridgehead atoms. The van der Waals surface area contributed by atoms with E-state index < -0.39 is 0 Å². The molecule has 0 amide bonds. The lowest BCUT2D eigenvalue weighted by atomic mass is 9.84. The molecule has 2 rings (SSSR count). The molecular weight excluding hydrogens is 234 g/mol. The molecule has 2 atom stereocenters. The first-order valence-corrected chi connectivity index (χ1v) is 7.24. The van der Waals surface area contributed by atoms with Crippen molar-refractivity contribution in [3.63, 3.8) is 0 Å². The van der Waals surface area contributed by atoms with E-state index in [1.807, 2.05) is 12.4 Å². The number of nitrogens with one attached hydrogen (secondary N) is 1. The Kier molecular flexibility index (Phi) is 4.26. The van der Waals surface area contributed by atoms with E-state index in [4.69, 9.17) is 0 Å². The molecule has 1 aromatic heterocycles. The Hall–Kier alpha value is -0.930. The Morgan fingerprint density at radius 2 is 2.11 bits per heavy atom. The molecule has 106 valence electrons. The van der Waals surface area contributed by atoms with E-state index >= 15 is 0 Å². The minimum atomic E-state index is 0.309. The van der Waals surface area contributed by atoms with Crippen LogP contribution in [0.2, 0.25) is 0 Å². The van der Waals surface area contributed by atoms with Crippen LogP contribution in [0.5, 0.6) is 0 Å².